The number of H-pyrrole nitrogens is 1. The fourth-order valence-electron chi connectivity index (χ4n) is 4.47. The largest absolute Gasteiger partial charge is 0.480 e. The normalized spacial score (nSPS) is 17.1. The lowest BCUT2D eigenvalue weighted by Gasteiger charge is -2.30. The molecule has 3 heterocycles. The van der Waals surface area contributed by atoms with E-state index >= 15 is 0 Å². The molecule has 0 aromatic carbocycles. The molecule has 1 aliphatic carbocycles. The molecule has 12 nitrogen and oxygen atoms in total. The Kier molecular flexibility index (Phi) is 10.7. The number of aromatic nitrogens is 4. The number of nitrogens with zero attached hydrogens (tertiary/aromatic N) is 3. The summed E-state index contributed by atoms with van der Waals surface area (Å²) >= 11 is 0. The van der Waals surface area contributed by atoms with Gasteiger partial charge in [-0.25, -0.2) is 28.5 Å². The van der Waals surface area contributed by atoms with Gasteiger partial charge in [0.25, 0.3) is 0 Å². The van der Waals surface area contributed by atoms with Gasteiger partial charge in [-0.1, -0.05) is 0 Å². The molecule has 1 aliphatic rings. The molecule has 0 radical (unpaired) electrons. The number of anilines is 1. The van der Waals surface area contributed by atoms with E-state index in [0.29, 0.717) is 36.2 Å². The summed E-state index contributed by atoms with van der Waals surface area (Å²) in [6.45, 7) is 0.927. The third kappa shape index (κ3) is 8.63. The van der Waals surface area contributed by atoms with Gasteiger partial charge in [0.2, 0.25) is 5.91 Å². The summed E-state index contributed by atoms with van der Waals surface area (Å²) in [5, 5.41) is 15.1. The number of aromatic amines is 1. The molecule has 0 bridgehead atoms. The summed E-state index contributed by atoms with van der Waals surface area (Å²) in [6, 6.07) is 1.15. The van der Waals surface area contributed by atoms with Crippen molar-refractivity contribution in [3.8, 4) is 11.4 Å². The van der Waals surface area contributed by atoms with Crippen molar-refractivity contribution in [2.45, 2.75) is 44.2 Å². The van der Waals surface area contributed by atoms with Crippen molar-refractivity contribution in [3.63, 3.8) is 0 Å². The SMILES string of the molecule is O=C(O)COCCOCCOCCC(=O)N[C@H]1CCC[C@@H](Nc2nc(-c3c[nH]c4ncc(F)cc34)ncc2F)C1. The van der Waals surface area contributed by atoms with E-state index in [1.807, 2.05) is 0 Å². The molecular weight excluding hydrogens is 530 g/mol. The van der Waals surface area contributed by atoms with E-state index < -0.39 is 17.6 Å². The number of pyridine rings is 1. The van der Waals surface area contributed by atoms with E-state index in [0.717, 1.165) is 31.7 Å². The predicted molar refractivity (Wildman–Crippen MR) is 140 cm³/mol. The Balaban J connectivity index is 1.19. The van der Waals surface area contributed by atoms with Crippen molar-refractivity contribution >= 4 is 28.7 Å². The number of hydrogen-bond donors (Lipinski definition) is 4. The second-order valence-electron chi connectivity index (χ2n) is 9.34. The molecule has 0 saturated heterocycles. The van der Waals surface area contributed by atoms with Gasteiger partial charge in [0.1, 0.15) is 18.1 Å². The number of carbonyl (C=O) groups excluding carboxylic acids is 1. The molecular formula is C26H32F2N6O6. The van der Waals surface area contributed by atoms with E-state index in [-0.39, 0.29) is 62.5 Å². The smallest absolute Gasteiger partial charge is 0.329 e. The monoisotopic (exact) mass is 562 g/mol. The highest BCUT2D eigenvalue weighted by molar-refractivity contribution is 5.91. The van der Waals surface area contributed by atoms with Crippen molar-refractivity contribution in [2.24, 2.45) is 0 Å². The van der Waals surface area contributed by atoms with Crippen LogP contribution in [-0.4, -0.2) is 88.6 Å². The number of halogens is 2. The minimum Gasteiger partial charge on any atom is -0.480 e. The van der Waals surface area contributed by atoms with Crippen LogP contribution in [0.5, 0.6) is 0 Å². The summed E-state index contributed by atoms with van der Waals surface area (Å²) in [6.07, 6.45) is 7.04. The van der Waals surface area contributed by atoms with Crippen molar-refractivity contribution in [2.75, 3.05) is 45.0 Å². The number of carbonyl (C=O) groups is 2. The lowest BCUT2D eigenvalue weighted by atomic mass is 9.91. The van der Waals surface area contributed by atoms with Crippen LogP contribution in [0.2, 0.25) is 0 Å². The van der Waals surface area contributed by atoms with Gasteiger partial charge in [-0.2, -0.15) is 0 Å². The minimum atomic E-state index is -1.03. The lowest BCUT2D eigenvalue weighted by molar-refractivity contribution is -0.142. The van der Waals surface area contributed by atoms with E-state index in [1.54, 1.807) is 6.20 Å². The fourth-order valence-corrected chi connectivity index (χ4v) is 4.47. The molecule has 40 heavy (non-hydrogen) atoms. The van der Waals surface area contributed by atoms with E-state index in [1.165, 1.54) is 6.07 Å². The molecule has 0 spiro atoms. The van der Waals surface area contributed by atoms with E-state index in [9.17, 15) is 18.4 Å². The van der Waals surface area contributed by atoms with Crippen molar-refractivity contribution in [3.05, 3.63) is 36.3 Å². The zero-order valence-electron chi connectivity index (χ0n) is 21.8. The standard InChI is InChI=1S/C26H32F2N6O6/c27-16-10-19-20(13-30-24(19)29-12-16)25-31-14-21(28)26(34-25)33-18-3-1-2-17(11-18)32-22(35)4-5-38-6-7-39-8-9-40-15-23(36)37/h10,12-14,17-18H,1-9,11,15H2,(H,29,30)(H,32,35)(H,36,37)(H,31,33,34)/t17-,18+/m0/s1. The number of hydrogen-bond acceptors (Lipinski definition) is 9. The molecule has 1 amide bonds. The van der Waals surface area contributed by atoms with Crippen LogP contribution < -0.4 is 10.6 Å². The average Bonchev–Trinajstić information content (AvgIpc) is 3.34. The Labute approximate surface area is 228 Å². The van der Waals surface area contributed by atoms with Crippen molar-refractivity contribution in [1.29, 1.82) is 0 Å². The molecule has 3 aromatic heterocycles. The molecule has 0 aliphatic heterocycles. The molecule has 0 unspecified atom stereocenters. The fraction of sp³-hybridized carbons (Fsp3) is 0.500. The average molecular weight is 563 g/mol. The molecule has 216 valence electrons. The Bertz CT molecular complexity index is 1290. The van der Waals surface area contributed by atoms with Crippen LogP contribution in [0.15, 0.2) is 24.7 Å². The molecule has 1 fully saturated rings. The second-order valence-corrected chi connectivity index (χ2v) is 9.34. The van der Waals surface area contributed by atoms with Crippen LogP contribution >= 0.6 is 0 Å². The van der Waals surface area contributed by atoms with Gasteiger partial charge < -0.3 is 34.9 Å². The first-order valence-corrected chi connectivity index (χ1v) is 13.1. The number of carboxylic acid groups (broad SMARTS) is 1. The molecule has 14 heteroatoms. The maximum absolute atomic E-state index is 14.6. The first-order chi connectivity index (χ1) is 19.4. The van der Waals surface area contributed by atoms with Gasteiger partial charge in [-0.3, -0.25) is 4.79 Å². The highest BCUT2D eigenvalue weighted by Gasteiger charge is 2.25. The minimum absolute atomic E-state index is 0.0461. The quantitative estimate of drug-likeness (QED) is 0.203. The first kappa shape index (κ1) is 29.2. The van der Waals surface area contributed by atoms with Gasteiger partial charge in [-0.15, -0.1) is 0 Å². The third-order valence-electron chi connectivity index (χ3n) is 6.31. The van der Waals surface area contributed by atoms with Crippen molar-refractivity contribution in [1.82, 2.24) is 25.3 Å². The van der Waals surface area contributed by atoms with Crippen LogP contribution in [0.25, 0.3) is 22.4 Å². The predicted octanol–water partition coefficient (Wildman–Crippen LogP) is 2.66. The van der Waals surface area contributed by atoms with Gasteiger partial charge >= 0.3 is 5.97 Å². The number of carboxylic acids is 1. The van der Waals surface area contributed by atoms with Crippen LogP contribution in [0.1, 0.15) is 32.1 Å². The van der Waals surface area contributed by atoms with Crippen LogP contribution in [0, 0.1) is 11.6 Å². The number of nitrogens with one attached hydrogen (secondary N) is 3. The topological polar surface area (TPSA) is 161 Å². The van der Waals surface area contributed by atoms with Crippen molar-refractivity contribution < 1.29 is 37.7 Å². The number of rotatable bonds is 15. The maximum atomic E-state index is 14.6. The number of ether oxygens (including phenoxy) is 3. The van der Waals surface area contributed by atoms with E-state index in [2.05, 4.69) is 30.6 Å². The van der Waals surface area contributed by atoms with Crippen LogP contribution in [-0.2, 0) is 23.8 Å². The highest BCUT2D eigenvalue weighted by atomic mass is 19.1. The van der Waals surface area contributed by atoms with Gasteiger partial charge in [0, 0.05) is 35.7 Å². The highest BCUT2D eigenvalue weighted by Crippen LogP contribution is 2.28. The number of amides is 1. The van der Waals surface area contributed by atoms with Gasteiger partial charge in [-0.05, 0) is 31.7 Å². The van der Waals surface area contributed by atoms with Crippen LogP contribution in [0.3, 0.4) is 0 Å². The number of fused-ring (bicyclic) bond motifs is 1. The Morgan fingerprint density at radius 1 is 1.02 bits per heavy atom. The molecule has 3 aromatic rings. The molecule has 4 rings (SSSR count). The van der Waals surface area contributed by atoms with Crippen LogP contribution in [0.4, 0.5) is 14.6 Å². The first-order valence-electron chi connectivity index (χ1n) is 13.1. The van der Waals surface area contributed by atoms with E-state index in [4.69, 9.17) is 19.3 Å². The zero-order chi connectivity index (χ0) is 28.3. The summed E-state index contributed by atoms with van der Waals surface area (Å²) in [7, 11) is 0. The Morgan fingerprint density at radius 3 is 2.58 bits per heavy atom. The summed E-state index contributed by atoms with van der Waals surface area (Å²) < 4.78 is 43.8. The summed E-state index contributed by atoms with van der Waals surface area (Å²) in [4.78, 5) is 38.1. The number of aliphatic carboxylic acids is 1. The maximum Gasteiger partial charge on any atom is 0.329 e. The van der Waals surface area contributed by atoms with Gasteiger partial charge in [0.15, 0.2) is 17.5 Å². The molecule has 2 atom stereocenters. The zero-order valence-corrected chi connectivity index (χ0v) is 21.8. The lowest BCUT2D eigenvalue weighted by Crippen LogP contribution is -2.42. The Morgan fingerprint density at radius 2 is 1.77 bits per heavy atom. The molecule has 4 N–H and O–H groups in total. The molecule has 1 saturated carbocycles. The summed E-state index contributed by atoms with van der Waals surface area (Å²) in [5.41, 5.74) is 0.987. The summed E-state index contributed by atoms with van der Waals surface area (Å²) in [5.74, 6) is -1.99. The Hall–Kier alpha value is -3.75. The third-order valence-corrected chi connectivity index (χ3v) is 6.31. The second kappa shape index (κ2) is 14.6. The van der Waals surface area contributed by atoms with Gasteiger partial charge in [0.05, 0.1) is 45.4 Å².